The van der Waals surface area contributed by atoms with Crippen molar-refractivity contribution < 1.29 is 0 Å². The number of rotatable bonds is 5. The normalized spacial score (nSPS) is 18.3. The lowest BCUT2D eigenvalue weighted by molar-refractivity contribution is 0.0758. The molecule has 8 heteroatoms. The fraction of sp³-hybridized carbons (Fsp3) is 0.526. The molecule has 0 amide bonds. The van der Waals surface area contributed by atoms with Crippen molar-refractivity contribution in [1.82, 2.24) is 24.8 Å². The number of hydrogen-bond acceptors (Lipinski definition) is 7. The molecule has 2 atom stereocenters. The van der Waals surface area contributed by atoms with E-state index in [-0.39, 0.29) is 12.0 Å². The minimum atomic E-state index is 0.0896. The number of nitrogens with two attached hydrogens (primary N) is 1. The number of piperazine rings is 1. The zero-order valence-electron chi connectivity index (χ0n) is 16.4. The van der Waals surface area contributed by atoms with Gasteiger partial charge in [-0.3, -0.25) is 9.80 Å². The summed E-state index contributed by atoms with van der Waals surface area (Å²) in [4.78, 5) is 19.8. The largest absolute Gasteiger partial charge is 0.368 e. The van der Waals surface area contributed by atoms with Gasteiger partial charge in [0.05, 0.1) is 6.04 Å². The smallest absolute Gasteiger partial charge is 0.229 e. The highest BCUT2D eigenvalue weighted by molar-refractivity contribution is 6.31. The van der Waals surface area contributed by atoms with Gasteiger partial charge in [-0.15, -0.1) is 0 Å². The fourth-order valence-electron chi connectivity index (χ4n) is 3.47. The summed E-state index contributed by atoms with van der Waals surface area (Å²) in [5, 5.41) is 0.831. The van der Waals surface area contributed by atoms with Gasteiger partial charge in [-0.25, -0.2) is 0 Å². The quantitative estimate of drug-likeness (QED) is 0.842. The molecule has 1 aromatic heterocycles. The third-order valence-electron chi connectivity index (χ3n) is 5.23. The van der Waals surface area contributed by atoms with Crippen LogP contribution in [0.5, 0.6) is 0 Å². The molecule has 7 nitrogen and oxygen atoms in total. The standard InChI is InChI=1S/C19H28ClN7/c1-13(15-7-5-6-8-16(15)20)26-9-11-27(12-10-26)14(2)17-22-18(21)24-19(23-17)25(3)4/h5-8,13-14H,9-12H2,1-4H3,(H2,21,22,23,24). The summed E-state index contributed by atoms with van der Waals surface area (Å²) in [6, 6.07) is 8.47. The third kappa shape index (κ3) is 4.48. The highest BCUT2D eigenvalue weighted by atomic mass is 35.5. The number of nitrogen functional groups attached to an aromatic ring is 1. The minimum absolute atomic E-state index is 0.0896. The van der Waals surface area contributed by atoms with Crippen molar-refractivity contribution in [3.63, 3.8) is 0 Å². The molecule has 0 aliphatic carbocycles. The van der Waals surface area contributed by atoms with Gasteiger partial charge in [-0.1, -0.05) is 29.8 Å². The summed E-state index contributed by atoms with van der Waals surface area (Å²) >= 11 is 6.38. The Morgan fingerprint density at radius 3 is 2.15 bits per heavy atom. The Bertz CT molecular complexity index is 774. The summed E-state index contributed by atoms with van der Waals surface area (Å²) in [5.74, 6) is 1.58. The van der Waals surface area contributed by atoms with E-state index in [2.05, 4.69) is 44.7 Å². The average Bonchev–Trinajstić information content (AvgIpc) is 2.67. The van der Waals surface area contributed by atoms with E-state index in [0.717, 1.165) is 37.0 Å². The summed E-state index contributed by atoms with van der Waals surface area (Å²) in [7, 11) is 3.80. The van der Waals surface area contributed by atoms with Crippen LogP contribution in [0.1, 0.15) is 37.3 Å². The third-order valence-corrected chi connectivity index (χ3v) is 5.58. The molecule has 0 spiro atoms. The average molecular weight is 390 g/mol. The van der Waals surface area contributed by atoms with Gasteiger partial charge in [0.1, 0.15) is 0 Å². The molecule has 2 aromatic rings. The van der Waals surface area contributed by atoms with Gasteiger partial charge in [-0.2, -0.15) is 15.0 Å². The van der Waals surface area contributed by atoms with Crippen LogP contribution in [0.25, 0.3) is 0 Å². The molecule has 2 N–H and O–H groups in total. The maximum absolute atomic E-state index is 6.38. The van der Waals surface area contributed by atoms with Gasteiger partial charge in [0, 0.05) is 51.3 Å². The molecule has 1 saturated heterocycles. The highest BCUT2D eigenvalue weighted by Gasteiger charge is 2.27. The maximum atomic E-state index is 6.38. The Balaban J connectivity index is 1.66. The van der Waals surface area contributed by atoms with Crippen LogP contribution in [0.15, 0.2) is 24.3 Å². The first-order valence-electron chi connectivity index (χ1n) is 9.28. The van der Waals surface area contributed by atoms with Crippen LogP contribution in [0.4, 0.5) is 11.9 Å². The molecule has 0 saturated carbocycles. The Kier molecular flexibility index (Phi) is 6.14. The Hall–Kier alpha value is -1.96. The lowest BCUT2D eigenvalue weighted by atomic mass is 10.1. The van der Waals surface area contributed by atoms with Crippen molar-refractivity contribution in [1.29, 1.82) is 0 Å². The number of anilines is 2. The first-order valence-corrected chi connectivity index (χ1v) is 9.66. The topological polar surface area (TPSA) is 74.4 Å². The second kappa shape index (κ2) is 8.37. The molecule has 2 unspecified atom stereocenters. The number of nitrogens with zero attached hydrogens (tertiary/aromatic N) is 6. The van der Waals surface area contributed by atoms with Crippen LogP contribution in [-0.4, -0.2) is 65.0 Å². The second-order valence-corrected chi connectivity index (χ2v) is 7.60. The summed E-state index contributed by atoms with van der Waals surface area (Å²) in [6.45, 7) is 8.17. The fourth-order valence-corrected chi connectivity index (χ4v) is 3.76. The number of aromatic nitrogens is 3. The number of hydrogen-bond donors (Lipinski definition) is 1. The van der Waals surface area contributed by atoms with E-state index >= 15 is 0 Å². The molecule has 0 radical (unpaired) electrons. The zero-order chi connectivity index (χ0) is 19.6. The van der Waals surface area contributed by atoms with E-state index in [1.54, 1.807) is 0 Å². The monoisotopic (exact) mass is 389 g/mol. The van der Waals surface area contributed by atoms with Gasteiger partial charge < -0.3 is 10.6 Å². The summed E-state index contributed by atoms with van der Waals surface area (Å²) in [5.41, 5.74) is 7.06. The minimum Gasteiger partial charge on any atom is -0.368 e. The maximum Gasteiger partial charge on any atom is 0.229 e. The van der Waals surface area contributed by atoms with Crippen molar-refractivity contribution in [3.8, 4) is 0 Å². The molecule has 27 heavy (non-hydrogen) atoms. The van der Waals surface area contributed by atoms with Gasteiger partial charge >= 0.3 is 0 Å². The summed E-state index contributed by atoms with van der Waals surface area (Å²) < 4.78 is 0. The van der Waals surface area contributed by atoms with Gasteiger partial charge in [0.15, 0.2) is 5.82 Å². The first-order chi connectivity index (χ1) is 12.9. The van der Waals surface area contributed by atoms with Crippen LogP contribution in [0.2, 0.25) is 5.02 Å². The Labute approximate surface area is 166 Å². The van der Waals surface area contributed by atoms with Crippen LogP contribution >= 0.6 is 11.6 Å². The van der Waals surface area contributed by atoms with E-state index in [1.807, 2.05) is 37.2 Å². The highest BCUT2D eigenvalue weighted by Crippen LogP contribution is 2.29. The van der Waals surface area contributed by atoms with Crippen LogP contribution in [-0.2, 0) is 0 Å². The molecule has 1 aliphatic rings. The molecule has 146 valence electrons. The Morgan fingerprint density at radius 1 is 0.963 bits per heavy atom. The second-order valence-electron chi connectivity index (χ2n) is 7.19. The van der Waals surface area contributed by atoms with E-state index in [0.29, 0.717) is 12.0 Å². The SMILES string of the molecule is CC(c1nc(N)nc(N(C)C)n1)N1CCN(C(C)c2ccccc2Cl)CC1. The lowest BCUT2D eigenvalue weighted by Gasteiger charge is -2.40. The predicted molar refractivity (Wildman–Crippen MR) is 110 cm³/mol. The molecule has 3 rings (SSSR count). The molecule has 1 aromatic carbocycles. The van der Waals surface area contributed by atoms with Crippen molar-refractivity contribution >= 4 is 23.5 Å². The van der Waals surface area contributed by atoms with Crippen LogP contribution < -0.4 is 10.6 Å². The molecule has 0 bridgehead atoms. The van der Waals surface area contributed by atoms with Gasteiger partial charge in [-0.05, 0) is 25.5 Å². The molecule has 1 aliphatic heterocycles. The zero-order valence-corrected chi connectivity index (χ0v) is 17.2. The molecule has 1 fully saturated rings. The van der Waals surface area contributed by atoms with Crippen LogP contribution in [0.3, 0.4) is 0 Å². The number of benzene rings is 1. The Morgan fingerprint density at radius 2 is 1.56 bits per heavy atom. The van der Waals surface area contributed by atoms with E-state index in [1.165, 1.54) is 5.56 Å². The van der Waals surface area contributed by atoms with Crippen molar-refractivity contribution in [2.75, 3.05) is 50.9 Å². The molecule has 2 heterocycles. The lowest BCUT2D eigenvalue weighted by Crippen LogP contribution is -2.48. The van der Waals surface area contributed by atoms with E-state index in [9.17, 15) is 0 Å². The van der Waals surface area contributed by atoms with Crippen molar-refractivity contribution in [2.45, 2.75) is 25.9 Å². The van der Waals surface area contributed by atoms with Crippen molar-refractivity contribution in [2.24, 2.45) is 0 Å². The summed E-state index contributed by atoms with van der Waals surface area (Å²) in [6.07, 6.45) is 0. The predicted octanol–water partition coefficient (Wildman–Crippen LogP) is 2.61. The number of halogens is 1. The van der Waals surface area contributed by atoms with Gasteiger partial charge in [0.25, 0.3) is 0 Å². The first kappa shape index (κ1) is 19.8. The van der Waals surface area contributed by atoms with Crippen LogP contribution in [0, 0.1) is 0 Å². The molecular formula is C19H28ClN7. The van der Waals surface area contributed by atoms with Gasteiger partial charge in [0.2, 0.25) is 11.9 Å². The van der Waals surface area contributed by atoms with E-state index in [4.69, 9.17) is 17.3 Å². The van der Waals surface area contributed by atoms with E-state index < -0.39 is 0 Å². The molecular weight excluding hydrogens is 362 g/mol. The van der Waals surface area contributed by atoms with Crippen molar-refractivity contribution in [3.05, 3.63) is 40.7 Å².